The van der Waals surface area contributed by atoms with Crippen LogP contribution in [0.1, 0.15) is 27.0 Å². The number of rotatable bonds is 4. The van der Waals surface area contributed by atoms with Gasteiger partial charge < -0.3 is 9.47 Å². The van der Waals surface area contributed by atoms with Crippen molar-refractivity contribution in [1.82, 2.24) is 0 Å². The summed E-state index contributed by atoms with van der Waals surface area (Å²) >= 11 is 6.16. The third-order valence-corrected chi connectivity index (χ3v) is 4.72. The molecule has 1 heterocycles. The van der Waals surface area contributed by atoms with E-state index in [1.165, 1.54) is 6.08 Å². The Balaban J connectivity index is 1.64. The molecule has 6 heteroatoms. The fourth-order valence-electron chi connectivity index (χ4n) is 2.93. The van der Waals surface area contributed by atoms with Crippen LogP contribution in [0.25, 0.3) is 6.08 Å². The number of aryl methyl sites for hydroxylation is 1. The minimum absolute atomic E-state index is 0.0870. The van der Waals surface area contributed by atoms with E-state index in [2.05, 4.69) is 4.99 Å². The molecule has 0 spiro atoms. The highest BCUT2D eigenvalue weighted by Gasteiger charge is 2.26. The van der Waals surface area contributed by atoms with Crippen molar-refractivity contribution < 1.29 is 19.1 Å². The van der Waals surface area contributed by atoms with Crippen molar-refractivity contribution in [2.45, 2.75) is 6.92 Å². The molecule has 0 saturated heterocycles. The summed E-state index contributed by atoms with van der Waals surface area (Å²) in [4.78, 5) is 29.1. The third kappa shape index (κ3) is 4.16. The van der Waals surface area contributed by atoms with E-state index in [-0.39, 0.29) is 11.6 Å². The Hall–Kier alpha value is -3.70. The minimum Gasteiger partial charge on any atom is -0.422 e. The number of halogens is 1. The highest BCUT2D eigenvalue weighted by molar-refractivity contribution is 6.34. The van der Waals surface area contributed by atoms with E-state index >= 15 is 0 Å². The molecular weight excluding hydrogens is 402 g/mol. The van der Waals surface area contributed by atoms with Gasteiger partial charge in [-0.3, -0.25) is 0 Å². The monoisotopic (exact) mass is 417 g/mol. The fourth-order valence-corrected chi connectivity index (χ4v) is 3.15. The van der Waals surface area contributed by atoms with Gasteiger partial charge in [0.2, 0.25) is 5.90 Å². The molecule has 4 rings (SSSR count). The highest BCUT2D eigenvalue weighted by atomic mass is 35.5. The smallest absolute Gasteiger partial charge is 0.363 e. The molecule has 148 valence electrons. The molecule has 1 aliphatic rings. The van der Waals surface area contributed by atoms with Crippen molar-refractivity contribution in [2.24, 2.45) is 4.99 Å². The molecule has 0 amide bonds. The maximum Gasteiger partial charge on any atom is 0.363 e. The quantitative estimate of drug-likeness (QED) is 0.332. The van der Waals surface area contributed by atoms with Gasteiger partial charge >= 0.3 is 11.9 Å². The molecule has 0 aliphatic carbocycles. The standard InChI is InChI=1S/C24H16ClNO4/c1-15-7-6-9-17(13-15)23(27)29-21-12-5-2-8-16(21)14-20-24(28)30-22(26-20)18-10-3-4-11-19(18)25/h2-14H,1H3/b20-14-. The molecule has 0 unspecified atom stereocenters. The van der Waals surface area contributed by atoms with Crippen LogP contribution in [0, 0.1) is 6.92 Å². The fraction of sp³-hybridized carbons (Fsp3) is 0.0417. The summed E-state index contributed by atoms with van der Waals surface area (Å²) in [6.07, 6.45) is 1.52. The molecule has 0 bridgehead atoms. The van der Waals surface area contributed by atoms with E-state index in [0.29, 0.717) is 27.5 Å². The van der Waals surface area contributed by atoms with Gasteiger partial charge in [0.05, 0.1) is 16.1 Å². The maximum atomic E-state index is 12.5. The molecule has 0 saturated carbocycles. The van der Waals surface area contributed by atoms with E-state index in [4.69, 9.17) is 21.1 Å². The van der Waals surface area contributed by atoms with Gasteiger partial charge in [0.25, 0.3) is 0 Å². The first-order chi connectivity index (χ1) is 14.5. The van der Waals surface area contributed by atoms with E-state index in [1.807, 2.05) is 13.0 Å². The molecular formula is C24H16ClNO4. The second-order valence-corrected chi connectivity index (χ2v) is 7.02. The lowest BCUT2D eigenvalue weighted by Gasteiger charge is -2.08. The molecule has 3 aromatic rings. The van der Waals surface area contributed by atoms with Gasteiger partial charge in [-0.05, 0) is 43.3 Å². The normalized spacial score (nSPS) is 14.4. The number of cyclic esters (lactones) is 1. The van der Waals surface area contributed by atoms with Gasteiger partial charge in [0, 0.05) is 5.56 Å². The Morgan fingerprint density at radius 3 is 2.60 bits per heavy atom. The maximum absolute atomic E-state index is 12.5. The van der Waals surface area contributed by atoms with Crippen molar-refractivity contribution in [3.05, 3.63) is 106 Å². The summed E-state index contributed by atoms with van der Waals surface area (Å²) in [7, 11) is 0. The van der Waals surface area contributed by atoms with Crippen LogP contribution in [0.4, 0.5) is 0 Å². The Labute approximate surface area is 178 Å². The molecule has 0 radical (unpaired) electrons. The van der Waals surface area contributed by atoms with Gasteiger partial charge in [-0.1, -0.05) is 59.6 Å². The molecule has 1 aliphatic heterocycles. The lowest BCUT2D eigenvalue weighted by atomic mass is 10.1. The van der Waals surface area contributed by atoms with Crippen LogP contribution in [0.5, 0.6) is 5.75 Å². The first kappa shape index (κ1) is 19.6. The second kappa shape index (κ2) is 8.35. The van der Waals surface area contributed by atoms with Crippen LogP contribution >= 0.6 is 11.6 Å². The molecule has 0 aromatic heterocycles. The van der Waals surface area contributed by atoms with Crippen molar-refractivity contribution in [3.63, 3.8) is 0 Å². The second-order valence-electron chi connectivity index (χ2n) is 6.61. The van der Waals surface area contributed by atoms with Crippen molar-refractivity contribution in [1.29, 1.82) is 0 Å². The van der Waals surface area contributed by atoms with Gasteiger partial charge in [0.1, 0.15) is 5.75 Å². The first-order valence-corrected chi connectivity index (χ1v) is 9.54. The van der Waals surface area contributed by atoms with Crippen LogP contribution < -0.4 is 4.74 Å². The van der Waals surface area contributed by atoms with Gasteiger partial charge in [-0.25, -0.2) is 14.6 Å². The summed E-state index contributed by atoms with van der Waals surface area (Å²) in [5, 5.41) is 0.429. The van der Waals surface area contributed by atoms with E-state index < -0.39 is 11.9 Å². The average Bonchev–Trinajstić information content (AvgIpc) is 3.10. The predicted octanol–water partition coefficient (Wildman–Crippen LogP) is 5.21. The van der Waals surface area contributed by atoms with E-state index in [0.717, 1.165) is 5.56 Å². The summed E-state index contributed by atoms with van der Waals surface area (Å²) in [6, 6.07) is 21.0. The summed E-state index contributed by atoms with van der Waals surface area (Å²) in [5.41, 5.74) is 2.53. The Bertz CT molecular complexity index is 1210. The van der Waals surface area contributed by atoms with Crippen molar-refractivity contribution in [3.8, 4) is 5.75 Å². The average molecular weight is 418 g/mol. The zero-order chi connectivity index (χ0) is 21.1. The Kier molecular flexibility index (Phi) is 5.46. The Morgan fingerprint density at radius 2 is 1.80 bits per heavy atom. The van der Waals surface area contributed by atoms with Crippen LogP contribution in [-0.2, 0) is 9.53 Å². The number of esters is 2. The number of carbonyl (C=O) groups is 2. The van der Waals surface area contributed by atoms with Crippen LogP contribution in [-0.4, -0.2) is 17.8 Å². The predicted molar refractivity (Wildman–Crippen MR) is 115 cm³/mol. The first-order valence-electron chi connectivity index (χ1n) is 9.16. The van der Waals surface area contributed by atoms with Gasteiger partial charge in [-0.2, -0.15) is 0 Å². The molecule has 0 atom stereocenters. The third-order valence-electron chi connectivity index (χ3n) is 4.39. The van der Waals surface area contributed by atoms with Gasteiger partial charge in [0.15, 0.2) is 5.70 Å². The lowest BCUT2D eigenvalue weighted by molar-refractivity contribution is -0.129. The number of ether oxygens (including phenoxy) is 2. The Morgan fingerprint density at radius 1 is 1.03 bits per heavy atom. The van der Waals surface area contributed by atoms with Crippen molar-refractivity contribution >= 4 is 35.5 Å². The van der Waals surface area contributed by atoms with Crippen molar-refractivity contribution in [2.75, 3.05) is 0 Å². The summed E-state index contributed by atoms with van der Waals surface area (Å²) < 4.78 is 10.8. The number of aliphatic imine (C=N–C) groups is 1. The molecule has 3 aromatic carbocycles. The number of para-hydroxylation sites is 1. The van der Waals surface area contributed by atoms with Crippen LogP contribution in [0.3, 0.4) is 0 Å². The van der Waals surface area contributed by atoms with E-state index in [1.54, 1.807) is 66.7 Å². The number of hydrogen-bond donors (Lipinski definition) is 0. The molecule has 0 N–H and O–H groups in total. The van der Waals surface area contributed by atoms with Crippen LogP contribution in [0.2, 0.25) is 5.02 Å². The number of carbonyl (C=O) groups excluding carboxylic acids is 2. The lowest BCUT2D eigenvalue weighted by Crippen LogP contribution is -2.09. The largest absolute Gasteiger partial charge is 0.422 e. The summed E-state index contributed by atoms with van der Waals surface area (Å²) in [5.74, 6) is -0.652. The highest BCUT2D eigenvalue weighted by Crippen LogP contribution is 2.27. The molecule has 30 heavy (non-hydrogen) atoms. The number of nitrogens with zero attached hydrogens (tertiary/aromatic N) is 1. The molecule has 0 fully saturated rings. The SMILES string of the molecule is Cc1cccc(C(=O)Oc2ccccc2/C=C2\N=C(c3ccccc3Cl)OC2=O)c1. The zero-order valence-electron chi connectivity index (χ0n) is 16.0. The van der Waals surface area contributed by atoms with Gasteiger partial charge in [-0.15, -0.1) is 0 Å². The number of benzene rings is 3. The van der Waals surface area contributed by atoms with Crippen LogP contribution in [0.15, 0.2) is 83.5 Å². The van der Waals surface area contributed by atoms with E-state index in [9.17, 15) is 9.59 Å². The zero-order valence-corrected chi connectivity index (χ0v) is 16.7. The minimum atomic E-state index is -0.607. The molecule has 5 nitrogen and oxygen atoms in total. The summed E-state index contributed by atoms with van der Waals surface area (Å²) in [6.45, 7) is 1.90. The number of hydrogen-bond acceptors (Lipinski definition) is 5. The topological polar surface area (TPSA) is 65.0 Å².